The van der Waals surface area contributed by atoms with Gasteiger partial charge in [0.2, 0.25) is 0 Å². The van der Waals surface area contributed by atoms with Gasteiger partial charge in [0.1, 0.15) is 11.4 Å². The molecule has 0 aromatic heterocycles. The maximum absolute atomic E-state index is 13.8. The van der Waals surface area contributed by atoms with Crippen molar-refractivity contribution in [3.05, 3.63) is 71.0 Å². The highest BCUT2D eigenvalue weighted by Gasteiger charge is 2.50. The number of nitrogens with zero attached hydrogens (tertiary/aromatic N) is 3. The highest BCUT2D eigenvalue weighted by molar-refractivity contribution is 6.07. The minimum absolute atomic E-state index is 0.114. The van der Waals surface area contributed by atoms with E-state index in [1.807, 2.05) is 23.1 Å². The summed E-state index contributed by atoms with van der Waals surface area (Å²) in [7, 11) is 0. The number of amides is 3. The number of urea groups is 1. The van der Waals surface area contributed by atoms with Crippen LogP contribution in [0.3, 0.4) is 0 Å². The van der Waals surface area contributed by atoms with Crippen LogP contribution in [0.25, 0.3) is 0 Å². The van der Waals surface area contributed by atoms with E-state index in [1.54, 1.807) is 18.2 Å². The number of hydrogen-bond donors (Lipinski definition) is 1. The van der Waals surface area contributed by atoms with Crippen LogP contribution in [0.15, 0.2) is 48.5 Å². The third kappa shape index (κ3) is 4.81. The van der Waals surface area contributed by atoms with E-state index in [0.717, 1.165) is 36.8 Å². The van der Waals surface area contributed by atoms with E-state index in [9.17, 15) is 14.0 Å². The van der Waals surface area contributed by atoms with Crippen molar-refractivity contribution in [2.75, 3.05) is 6.67 Å². The largest absolute Gasteiger partial charge is 0.326 e. The van der Waals surface area contributed by atoms with Crippen molar-refractivity contribution in [3.8, 4) is 6.07 Å². The van der Waals surface area contributed by atoms with Crippen molar-refractivity contribution in [2.24, 2.45) is 0 Å². The molecular weight excluding hydrogens is 407 g/mol. The smallest absolute Gasteiger partial charge is 0.323 e. The van der Waals surface area contributed by atoms with E-state index < -0.39 is 5.54 Å². The maximum Gasteiger partial charge on any atom is 0.326 e. The Morgan fingerprint density at radius 1 is 1.00 bits per heavy atom. The maximum atomic E-state index is 13.8. The van der Waals surface area contributed by atoms with Crippen LogP contribution in [0, 0.1) is 17.1 Å². The molecule has 32 heavy (non-hydrogen) atoms. The van der Waals surface area contributed by atoms with Crippen LogP contribution in [0.4, 0.5) is 9.18 Å². The second-order valence-electron chi connectivity index (χ2n) is 8.73. The summed E-state index contributed by atoms with van der Waals surface area (Å²) < 4.78 is 13.8. The molecule has 1 aliphatic carbocycles. The number of benzene rings is 2. The predicted octanol–water partition coefficient (Wildman–Crippen LogP) is 4.30. The minimum atomic E-state index is -0.785. The Morgan fingerprint density at radius 2 is 1.69 bits per heavy atom. The summed E-state index contributed by atoms with van der Waals surface area (Å²) in [5.41, 5.74) is 1.48. The zero-order chi connectivity index (χ0) is 22.6. The van der Waals surface area contributed by atoms with Gasteiger partial charge in [-0.3, -0.25) is 9.69 Å². The Labute approximate surface area is 187 Å². The Hall–Kier alpha value is -3.24. The van der Waals surface area contributed by atoms with E-state index >= 15 is 0 Å². The van der Waals surface area contributed by atoms with Gasteiger partial charge in [-0.15, -0.1) is 0 Å². The Kier molecular flexibility index (Phi) is 6.52. The Balaban J connectivity index is 1.55. The molecule has 166 valence electrons. The van der Waals surface area contributed by atoms with Gasteiger partial charge in [-0.25, -0.2) is 14.1 Å². The summed E-state index contributed by atoms with van der Waals surface area (Å²) in [4.78, 5) is 29.4. The van der Waals surface area contributed by atoms with Crippen molar-refractivity contribution < 1.29 is 14.0 Å². The minimum Gasteiger partial charge on any atom is -0.323 e. The standard InChI is InChI=1S/C25H27FN4O2/c26-22-7-5-6-21(14-22)17-29(16-20-10-8-19(15-27)9-11-20)18-30-23(31)25(28-24(30)32)12-3-1-2-4-13-25/h5-11,14H,1-4,12-13,16-18H2,(H,28,32). The number of halogens is 1. The fraction of sp³-hybridized carbons (Fsp3) is 0.400. The van der Waals surface area contributed by atoms with Gasteiger partial charge in [0.05, 0.1) is 18.3 Å². The molecule has 1 N–H and O–H groups in total. The second-order valence-corrected chi connectivity index (χ2v) is 8.73. The van der Waals surface area contributed by atoms with E-state index in [-0.39, 0.29) is 24.4 Å². The first-order valence-corrected chi connectivity index (χ1v) is 11.1. The lowest BCUT2D eigenvalue weighted by Gasteiger charge is -2.28. The molecule has 2 fully saturated rings. The average molecular weight is 435 g/mol. The molecule has 7 heteroatoms. The second kappa shape index (κ2) is 9.49. The van der Waals surface area contributed by atoms with Crippen molar-refractivity contribution >= 4 is 11.9 Å². The van der Waals surface area contributed by atoms with Crippen molar-refractivity contribution in [3.63, 3.8) is 0 Å². The molecule has 4 rings (SSSR count). The molecule has 6 nitrogen and oxygen atoms in total. The molecule has 2 aromatic rings. The monoisotopic (exact) mass is 434 g/mol. The first-order chi connectivity index (χ1) is 15.5. The summed E-state index contributed by atoms with van der Waals surface area (Å²) in [5, 5.41) is 12.0. The van der Waals surface area contributed by atoms with Gasteiger partial charge in [-0.05, 0) is 48.2 Å². The van der Waals surface area contributed by atoms with E-state index in [1.165, 1.54) is 17.0 Å². The van der Waals surface area contributed by atoms with Gasteiger partial charge in [-0.2, -0.15) is 5.26 Å². The molecule has 0 radical (unpaired) electrons. The van der Waals surface area contributed by atoms with E-state index in [0.29, 0.717) is 31.5 Å². The van der Waals surface area contributed by atoms with Crippen LogP contribution in [0.1, 0.15) is 55.2 Å². The molecule has 3 amide bonds. The fourth-order valence-corrected chi connectivity index (χ4v) is 4.67. The molecule has 0 unspecified atom stereocenters. The van der Waals surface area contributed by atoms with Crippen LogP contribution in [-0.4, -0.2) is 33.9 Å². The zero-order valence-corrected chi connectivity index (χ0v) is 18.0. The van der Waals surface area contributed by atoms with Gasteiger partial charge in [0.15, 0.2) is 0 Å². The normalized spacial score (nSPS) is 18.0. The summed E-state index contributed by atoms with van der Waals surface area (Å²) >= 11 is 0. The lowest BCUT2D eigenvalue weighted by molar-refractivity contribution is -0.133. The number of rotatable bonds is 6. The third-order valence-corrected chi connectivity index (χ3v) is 6.33. The number of nitriles is 1. The zero-order valence-electron chi connectivity index (χ0n) is 18.0. The summed E-state index contributed by atoms with van der Waals surface area (Å²) in [6.45, 7) is 0.942. The van der Waals surface area contributed by atoms with Crippen LogP contribution in [0.5, 0.6) is 0 Å². The molecule has 1 heterocycles. The van der Waals surface area contributed by atoms with Gasteiger partial charge in [0, 0.05) is 13.1 Å². The van der Waals surface area contributed by atoms with Crippen LogP contribution in [-0.2, 0) is 17.9 Å². The number of hydrogen-bond acceptors (Lipinski definition) is 4. The molecule has 2 aliphatic rings. The van der Waals surface area contributed by atoms with Crippen molar-refractivity contribution in [1.29, 1.82) is 5.26 Å². The topological polar surface area (TPSA) is 76.4 Å². The van der Waals surface area contributed by atoms with Gasteiger partial charge < -0.3 is 5.32 Å². The summed E-state index contributed by atoms with van der Waals surface area (Å²) in [5.74, 6) is -0.485. The lowest BCUT2D eigenvalue weighted by atomic mass is 9.90. The molecule has 2 aromatic carbocycles. The third-order valence-electron chi connectivity index (χ3n) is 6.33. The van der Waals surface area contributed by atoms with Crippen LogP contribution < -0.4 is 5.32 Å². The molecular formula is C25H27FN4O2. The molecule has 0 atom stereocenters. The molecule has 1 aliphatic heterocycles. The summed E-state index contributed by atoms with van der Waals surface area (Å²) in [6.07, 6.45) is 5.36. The molecule has 1 spiro atoms. The quantitative estimate of drug-likeness (QED) is 0.688. The van der Waals surface area contributed by atoms with E-state index in [2.05, 4.69) is 11.4 Å². The highest BCUT2D eigenvalue weighted by atomic mass is 19.1. The number of imide groups is 1. The molecule has 1 saturated carbocycles. The molecule has 1 saturated heterocycles. The lowest BCUT2D eigenvalue weighted by Crippen LogP contribution is -2.47. The Morgan fingerprint density at radius 3 is 2.34 bits per heavy atom. The van der Waals surface area contributed by atoms with Crippen LogP contribution in [0.2, 0.25) is 0 Å². The SMILES string of the molecule is N#Cc1ccc(CN(Cc2cccc(F)c2)CN2C(=O)NC3(CCCCCC3)C2=O)cc1. The first kappa shape index (κ1) is 22.0. The predicted molar refractivity (Wildman–Crippen MR) is 117 cm³/mol. The van der Waals surface area contributed by atoms with Gasteiger partial charge >= 0.3 is 6.03 Å². The van der Waals surface area contributed by atoms with Gasteiger partial charge in [0.25, 0.3) is 5.91 Å². The fourth-order valence-electron chi connectivity index (χ4n) is 4.67. The van der Waals surface area contributed by atoms with Crippen LogP contribution >= 0.6 is 0 Å². The first-order valence-electron chi connectivity index (χ1n) is 11.1. The highest BCUT2D eigenvalue weighted by Crippen LogP contribution is 2.33. The number of carbonyl (C=O) groups excluding carboxylic acids is 2. The van der Waals surface area contributed by atoms with Gasteiger partial charge in [-0.1, -0.05) is 49.9 Å². The number of carbonyl (C=O) groups is 2. The summed E-state index contributed by atoms with van der Waals surface area (Å²) in [6, 6.07) is 15.3. The van der Waals surface area contributed by atoms with E-state index in [4.69, 9.17) is 5.26 Å². The Bertz CT molecular complexity index is 1020. The average Bonchev–Trinajstić information content (AvgIpc) is 2.93. The molecule has 0 bridgehead atoms. The number of nitrogens with one attached hydrogen (secondary N) is 1. The van der Waals surface area contributed by atoms with Crippen molar-refractivity contribution in [2.45, 2.75) is 57.2 Å². The van der Waals surface area contributed by atoms with Crippen molar-refractivity contribution in [1.82, 2.24) is 15.1 Å².